The fraction of sp³-hybridized carbons (Fsp3) is 0.750. The Balaban J connectivity index is 1.74. The van der Waals surface area contributed by atoms with Crippen LogP contribution in [0.5, 0.6) is 0 Å². The second-order valence-electron chi connectivity index (χ2n) is 6.28. The summed E-state index contributed by atoms with van der Waals surface area (Å²) in [4.78, 5) is 3.79. The quantitative estimate of drug-likeness (QED) is 0.853. The molecule has 0 radical (unpaired) electrons. The summed E-state index contributed by atoms with van der Waals surface area (Å²) < 4.78 is 0. The van der Waals surface area contributed by atoms with Gasteiger partial charge in [-0.2, -0.15) is 0 Å². The van der Waals surface area contributed by atoms with E-state index < -0.39 is 0 Å². The van der Waals surface area contributed by atoms with Crippen LogP contribution < -0.4 is 5.32 Å². The largest absolute Gasteiger partial charge is 0.315 e. The molecule has 0 aliphatic heterocycles. The van der Waals surface area contributed by atoms with Gasteiger partial charge in [0, 0.05) is 11.4 Å². The monoisotopic (exact) mass is 280 g/mol. The zero-order valence-corrected chi connectivity index (χ0v) is 13.4. The third-order valence-corrected chi connectivity index (χ3v) is 5.37. The van der Waals surface area contributed by atoms with E-state index in [4.69, 9.17) is 0 Å². The Morgan fingerprint density at radius 1 is 1.32 bits per heavy atom. The fourth-order valence-corrected chi connectivity index (χ4v) is 3.90. The van der Waals surface area contributed by atoms with Crippen LogP contribution in [-0.4, -0.2) is 32.1 Å². The molecule has 1 fully saturated rings. The minimum Gasteiger partial charge on any atom is -0.315 e. The Labute approximate surface area is 122 Å². The van der Waals surface area contributed by atoms with Crippen molar-refractivity contribution < 1.29 is 0 Å². The topological polar surface area (TPSA) is 15.3 Å². The van der Waals surface area contributed by atoms with Crippen molar-refractivity contribution in [2.75, 3.05) is 27.2 Å². The summed E-state index contributed by atoms with van der Waals surface area (Å²) in [6.45, 7) is 4.66. The lowest BCUT2D eigenvalue weighted by atomic mass is 9.83. The summed E-state index contributed by atoms with van der Waals surface area (Å²) in [5, 5.41) is 5.88. The van der Waals surface area contributed by atoms with Crippen molar-refractivity contribution in [3.05, 3.63) is 22.4 Å². The van der Waals surface area contributed by atoms with Gasteiger partial charge < -0.3 is 10.2 Å². The van der Waals surface area contributed by atoms with Gasteiger partial charge in [-0.25, -0.2) is 0 Å². The van der Waals surface area contributed by atoms with Crippen molar-refractivity contribution in [3.63, 3.8) is 0 Å². The highest BCUT2D eigenvalue weighted by Crippen LogP contribution is 2.28. The van der Waals surface area contributed by atoms with Crippen LogP contribution >= 0.6 is 11.3 Å². The van der Waals surface area contributed by atoms with Gasteiger partial charge in [-0.3, -0.25) is 0 Å². The van der Waals surface area contributed by atoms with Crippen molar-refractivity contribution in [2.45, 2.75) is 38.6 Å². The number of nitrogens with one attached hydrogen (secondary N) is 1. The molecule has 0 saturated heterocycles. The molecule has 1 unspecified atom stereocenters. The summed E-state index contributed by atoms with van der Waals surface area (Å²) in [6.07, 6.45) is 5.68. The van der Waals surface area contributed by atoms with Gasteiger partial charge in [0.05, 0.1) is 6.04 Å². The predicted molar refractivity (Wildman–Crippen MR) is 84.7 cm³/mol. The number of rotatable bonds is 6. The van der Waals surface area contributed by atoms with Crippen LogP contribution in [-0.2, 0) is 0 Å². The van der Waals surface area contributed by atoms with Crippen LogP contribution in [0.4, 0.5) is 0 Å². The molecule has 0 spiro atoms. The number of likely N-dealkylation sites (N-methyl/N-ethyl adjacent to an activating group) is 1. The minimum absolute atomic E-state index is 0.516. The van der Waals surface area contributed by atoms with Gasteiger partial charge in [-0.15, -0.1) is 11.3 Å². The second-order valence-corrected chi connectivity index (χ2v) is 7.26. The molecule has 0 amide bonds. The van der Waals surface area contributed by atoms with Gasteiger partial charge in [0.2, 0.25) is 0 Å². The average Bonchev–Trinajstić information content (AvgIpc) is 2.90. The molecule has 1 atom stereocenters. The highest BCUT2D eigenvalue weighted by Gasteiger charge is 2.19. The molecule has 1 aliphatic rings. The number of hydrogen-bond acceptors (Lipinski definition) is 3. The fourth-order valence-electron chi connectivity index (χ4n) is 2.98. The summed E-state index contributed by atoms with van der Waals surface area (Å²) in [7, 11) is 4.35. The van der Waals surface area contributed by atoms with Gasteiger partial charge in [-0.1, -0.05) is 25.8 Å². The lowest BCUT2D eigenvalue weighted by Gasteiger charge is -2.28. The minimum atomic E-state index is 0.516. The SMILES string of the molecule is CC1CCC(CNCC(c2cccs2)N(C)C)CC1. The molecule has 0 bridgehead atoms. The van der Waals surface area contributed by atoms with Crippen LogP contribution in [0.1, 0.15) is 43.5 Å². The van der Waals surface area contributed by atoms with Gasteiger partial charge in [0.25, 0.3) is 0 Å². The van der Waals surface area contributed by atoms with Crippen LogP contribution in [0.25, 0.3) is 0 Å². The predicted octanol–water partition coefficient (Wildman–Crippen LogP) is 3.77. The number of nitrogens with zero attached hydrogens (tertiary/aromatic N) is 1. The van der Waals surface area contributed by atoms with Crippen LogP contribution in [0.3, 0.4) is 0 Å². The van der Waals surface area contributed by atoms with Gasteiger partial charge in [0.15, 0.2) is 0 Å². The van der Waals surface area contributed by atoms with E-state index in [2.05, 4.69) is 48.7 Å². The Hall–Kier alpha value is -0.380. The number of thiophene rings is 1. The average molecular weight is 280 g/mol. The van der Waals surface area contributed by atoms with E-state index in [9.17, 15) is 0 Å². The molecular formula is C16H28N2S. The Bertz CT molecular complexity index is 340. The summed E-state index contributed by atoms with van der Waals surface area (Å²) in [6, 6.07) is 4.92. The van der Waals surface area contributed by atoms with Gasteiger partial charge in [0.1, 0.15) is 0 Å². The highest BCUT2D eigenvalue weighted by atomic mass is 32.1. The molecule has 1 saturated carbocycles. The lowest BCUT2D eigenvalue weighted by molar-refractivity contribution is 0.257. The first-order valence-corrected chi connectivity index (χ1v) is 8.45. The smallest absolute Gasteiger partial charge is 0.0561 e. The van der Waals surface area contributed by atoms with Crippen LogP contribution in [0.15, 0.2) is 17.5 Å². The van der Waals surface area contributed by atoms with Crippen molar-refractivity contribution in [2.24, 2.45) is 11.8 Å². The second kappa shape index (κ2) is 7.41. The summed E-state index contributed by atoms with van der Waals surface area (Å²) >= 11 is 1.86. The van der Waals surface area contributed by atoms with Crippen molar-refractivity contribution in [3.8, 4) is 0 Å². The molecule has 19 heavy (non-hydrogen) atoms. The maximum Gasteiger partial charge on any atom is 0.0561 e. The van der Waals surface area contributed by atoms with E-state index >= 15 is 0 Å². The van der Waals surface area contributed by atoms with E-state index in [0.29, 0.717) is 6.04 Å². The van der Waals surface area contributed by atoms with Crippen LogP contribution in [0, 0.1) is 11.8 Å². The first-order chi connectivity index (χ1) is 9.16. The Kier molecular flexibility index (Phi) is 5.86. The molecule has 1 N–H and O–H groups in total. The third-order valence-electron chi connectivity index (χ3n) is 4.40. The molecule has 1 aromatic heterocycles. The molecule has 2 rings (SSSR count). The zero-order chi connectivity index (χ0) is 13.7. The maximum atomic E-state index is 3.70. The number of hydrogen-bond donors (Lipinski definition) is 1. The Morgan fingerprint density at radius 3 is 2.63 bits per heavy atom. The summed E-state index contributed by atoms with van der Waals surface area (Å²) in [5.74, 6) is 1.86. The van der Waals surface area contributed by atoms with Crippen molar-refractivity contribution in [1.29, 1.82) is 0 Å². The van der Waals surface area contributed by atoms with Gasteiger partial charge in [-0.05, 0) is 56.8 Å². The highest BCUT2D eigenvalue weighted by molar-refractivity contribution is 7.10. The van der Waals surface area contributed by atoms with E-state index in [-0.39, 0.29) is 0 Å². The molecule has 0 aromatic carbocycles. The molecule has 3 heteroatoms. The maximum absolute atomic E-state index is 3.70. The third kappa shape index (κ3) is 4.59. The van der Waals surface area contributed by atoms with E-state index in [0.717, 1.165) is 18.4 Å². The van der Waals surface area contributed by atoms with Crippen molar-refractivity contribution >= 4 is 11.3 Å². The first-order valence-electron chi connectivity index (χ1n) is 7.57. The van der Waals surface area contributed by atoms with Crippen molar-refractivity contribution in [1.82, 2.24) is 10.2 Å². The molecule has 1 aliphatic carbocycles. The lowest BCUT2D eigenvalue weighted by Crippen LogP contribution is -2.34. The first kappa shape index (κ1) is 15.0. The Morgan fingerprint density at radius 2 is 2.05 bits per heavy atom. The normalized spacial score (nSPS) is 25.7. The van der Waals surface area contributed by atoms with E-state index in [1.807, 2.05) is 11.3 Å². The molecular weight excluding hydrogens is 252 g/mol. The standard InChI is InChI=1S/C16H28N2S/c1-13-6-8-14(9-7-13)11-17-12-15(18(2)3)16-5-4-10-19-16/h4-5,10,13-15,17H,6-9,11-12H2,1-3H3. The molecule has 1 aromatic rings. The molecule has 1 heterocycles. The zero-order valence-electron chi connectivity index (χ0n) is 12.6. The van der Waals surface area contributed by atoms with Gasteiger partial charge >= 0.3 is 0 Å². The molecule has 2 nitrogen and oxygen atoms in total. The summed E-state index contributed by atoms with van der Waals surface area (Å²) in [5.41, 5.74) is 0. The van der Waals surface area contributed by atoms with E-state index in [1.54, 1.807) is 0 Å². The molecule has 108 valence electrons. The van der Waals surface area contributed by atoms with E-state index in [1.165, 1.54) is 37.1 Å². The van der Waals surface area contributed by atoms with Crippen LogP contribution in [0.2, 0.25) is 0 Å².